The van der Waals surface area contributed by atoms with Gasteiger partial charge in [-0.3, -0.25) is 10.1 Å². The van der Waals surface area contributed by atoms with Crippen molar-refractivity contribution in [3.05, 3.63) is 0 Å². The lowest BCUT2D eigenvalue weighted by Gasteiger charge is -2.35. The van der Waals surface area contributed by atoms with Gasteiger partial charge in [-0.1, -0.05) is 12.3 Å². The zero-order chi connectivity index (χ0) is 11.6. The molecular weight excluding hydrogens is 202 g/mol. The van der Waals surface area contributed by atoms with Crippen molar-refractivity contribution in [1.82, 2.24) is 5.32 Å². The number of terminal acetylenes is 1. The van der Waals surface area contributed by atoms with Crippen LogP contribution in [0.2, 0.25) is 0 Å². The number of fused-ring (bicyclic) bond motifs is 2. The molecule has 0 amide bonds. The van der Waals surface area contributed by atoms with Gasteiger partial charge in [-0.15, -0.1) is 6.42 Å². The zero-order valence-electron chi connectivity index (χ0n) is 9.79. The quantitative estimate of drug-likeness (QED) is 0.575. The highest BCUT2D eigenvalue weighted by Crippen LogP contribution is 2.51. The predicted octanol–water partition coefficient (Wildman–Crippen LogP) is 1.33. The summed E-state index contributed by atoms with van der Waals surface area (Å²) in [7, 11) is 0. The molecule has 0 saturated heterocycles. The van der Waals surface area contributed by atoms with Gasteiger partial charge in [-0.2, -0.15) is 0 Å². The van der Waals surface area contributed by atoms with E-state index in [-0.39, 0.29) is 5.97 Å². The molecule has 3 atom stereocenters. The van der Waals surface area contributed by atoms with Crippen molar-refractivity contribution >= 4 is 5.97 Å². The minimum absolute atomic E-state index is 0.0996. The average Bonchev–Trinajstić information content (AvgIpc) is 2.87. The van der Waals surface area contributed by atoms with Crippen LogP contribution in [0.3, 0.4) is 0 Å². The fourth-order valence-corrected chi connectivity index (χ4v) is 3.34. The molecule has 16 heavy (non-hydrogen) atoms. The van der Waals surface area contributed by atoms with Gasteiger partial charge in [0, 0.05) is 0 Å². The first-order valence-electron chi connectivity index (χ1n) is 6.08. The molecule has 88 valence electrons. The van der Waals surface area contributed by atoms with Crippen LogP contribution in [0.15, 0.2) is 0 Å². The second-order valence-corrected chi connectivity index (χ2v) is 4.83. The van der Waals surface area contributed by atoms with Gasteiger partial charge >= 0.3 is 5.97 Å². The summed E-state index contributed by atoms with van der Waals surface area (Å²) in [6.07, 6.45) is 9.70. The molecule has 2 rings (SSSR count). The molecule has 0 aromatic rings. The lowest BCUT2D eigenvalue weighted by atomic mass is 9.81. The summed E-state index contributed by atoms with van der Waals surface area (Å²) >= 11 is 0. The second kappa shape index (κ2) is 4.47. The van der Waals surface area contributed by atoms with Crippen molar-refractivity contribution < 1.29 is 9.53 Å². The number of hydrogen-bond acceptors (Lipinski definition) is 3. The van der Waals surface area contributed by atoms with Gasteiger partial charge in [-0.25, -0.2) is 0 Å². The standard InChI is InChI=1S/C13H19NO2/c1-3-7-14-13(12(15)16-4-2)9-10-5-6-11(13)8-10/h1,10-11,14H,4-9H2,2H3. The molecule has 2 bridgehead atoms. The molecule has 0 aliphatic heterocycles. The Bertz CT molecular complexity index is 320. The van der Waals surface area contributed by atoms with E-state index < -0.39 is 5.54 Å². The average molecular weight is 221 g/mol. The molecule has 0 heterocycles. The van der Waals surface area contributed by atoms with Crippen molar-refractivity contribution in [2.45, 2.75) is 38.1 Å². The van der Waals surface area contributed by atoms with E-state index in [4.69, 9.17) is 11.2 Å². The third kappa shape index (κ3) is 1.72. The predicted molar refractivity (Wildman–Crippen MR) is 61.6 cm³/mol. The Morgan fingerprint density at radius 3 is 2.94 bits per heavy atom. The number of carbonyl (C=O) groups excluding carboxylic acids is 1. The zero-order valence-corrected chi connectivity index (χ0v) is 9.79. The fraction of sp³-hybridized carbons (Fsp3) is 0.769. The number of hydrogen-bond donors (Lipinski definition) is 1. The Balaban J connectivity index is 2.14. The third-order valence-corrected chi connectivity index (χ3v) is 3.99. The first kappa shape index (κ1) is 11.5. The Hall–Kier alpha value is -1.01. The Morgan fingerprint density at radius 1 is 1.62 bits per heavy atom. The van der Waals surface area contributed by atoms with Gasteiger partial charge in [-0.05, 0) is 38.0 Å². The molecule has 1 N–H and O–H groups in total. The number of carbonyl (C=O) groups is 1. The maximum absolute atomic E-state index is 12.1. The van der Waals surface area contributed by atoms with Gasteiger partial charge < -0.3 is 4.74 Å². The molecule has 3 heteroatoms. The van der Waals surface area contributed by atoms with Gasteiger partial charge in [0.15, 0.2) is 0 Å². The highest BCUT2D eigenvalue weighted by Gasteiger charge is 2.56. The Kier molecular flexibility index (Phi) is 3.20. The van der Waals surface area contributed by atoms with Gasteiger partial charge in [0.1, 0.15) is 5.54 Å². The van der Waals surface area contributed by atoms with Gasteiger partial charge in [0.25, 0.3) is 0 Å². The largest absolute Gasteiger partial charge is 0.465 e. The Labute approximate surface area is 96.9 Å². The van der Waals surface area contributed by atoms with Crippen LogP contribution >= 0.6 is 0 Å². The van der Waals surface area contributed by atoms with E-state index in [1.54, 1.807) is 0 Å². The maximum Gasteiger partial charge on any atom is 0.326 e. The number of nitrogens with one attached hydrogen (secondary N) is 1. The molecule has 2 aliphatic carbocycles. The lowest BCUT2D eigenvalue weighted by molar-refractivity contribution is -0.153. The van der Waals surface area contributed by atoms with E-state index in [0.29, 0.717) is 25.0 Å². The van der Waals surface area contributed by atoms with Gasteiger partial charge in [0.05, 0.1) is 13.2 Å². The maximum atomic E-state index is 12.1. The molecule has 2 fully saturated rings. The van der Waals surface area contributed by atoms with Crippen LogP contribution in [-0.2, 0) is 9.53 Å². The summed E-state index contributed by atoms with van der Waals surface area (Å²) in [5.74, 6) is 3.56. The molecule has 0 aromatic heterocycles. The van der Waals surface area contributed by atoms with Crippen molar-refractivity contribution in [2.75, 3.05) is 13.2 Å². The van der Waals surface area contributed by atoms with Crippen molar-refractivity contribution in [1.29, 1.82) is 0 Å². The molecule has 3 nitrogen and oxygen atoms in total. The SMILES string of the molecule is C#CCNC1(C(=O)OCC)CC2CCC1C2. The summed E-state index contributed by atoms with van der Waals surface area (Å²) in [5, 5.41) is 3.25. The van der Waals surface area contributed by atoms with Crippen LogP contribution in [0.25, 0.3) is 0 Å². The Morgan fingerprint density at radius 2 is 2.44 bits per heavy atom. The third-order valence-electron chi connectivity index (χ3n) is 3.99. The van der Waals surface area contributed by atoms with E-state index in [1.807, 2.05) is 6.92 Å². The molecule has 2 aliphatic rings. The first-order valence-corrected chi connectivity index (χ1v) is 6.08. The molecular formula is C13H19NO2. The molecule has 2 saturated carbocycles. The summed E-state index contributed by atoms with van der Waals surface area (Å²) in [6.45, 7) is 2.73. The first-order chi connectivity index (χ1) is 7.73. The van der Waals surface area contributed by atoms with Crippen LogP contribution in [0.4, 0.5) is 0 Å². The van der Waals surface area contributed by atoms with E-state index in [0.717, 1.165) is 19.3 Å². The number of esters is 1. The van der Waals surface area contributed by atoms with Crippen molar-refractivity contribution in [2.24, 2.45) is 11.8 Å². The normalized spacial score (nSPS) is 36.0. The second-order valence-electron chi connectivity index (χ2n) is 4.83. The van der Waals surface area contributed by atoms with Crippen LogP contribution in [0.1, 0.15) is 32.6 Å². The van der Waals surface area contributed by atoms with E-state index in [9.17, 15) is 4.79 Å². The minimum atomic E-state index is -0.481. The summed E-state index contributed by atoms with van der Waals surface area (Å²) in [5.41, 5.74) is -0.481. The molecule has 0 aromatic carbocycles. The topological polar surface area (TPSA) is 38.3 Å². The van der Waals surface area contributed by atoms with Crippen LogP contribution < -0.4 is 5.32 Å². The van der Waals surface area contributed by atoms with E-state index >= 15 is 0 Å². The van der Waals surface area contributed by atoms with Gasteiger partial charge in [0.2, 0.25) is 0 Å². The molecule has 3 unspecified atom stereocenters. The monoisotopic (exact) mass is 221 g/mol. The number of rotatable bonds is 4. The summed E-state index contributed by atoms with van der Waals surface area (Å²) in [6, 6.07) is 0. The lowest BCUT2D eigenvalue weighted by Crippen LogP contribution is -2.56. The van der Waals surface area contributed by atoms with Crippen LogP contribution in [0, 0.1) is 24.2 Å². The van der Waals surface area contributed by atoms with Crippen LogP contribution in [0.5, 0.6) is 0 Å². The summed E-state index contributed by atoms with van der Waals surface area (Å²) < 4.78 is 5.21. The van der Waals surface area contributed by atoms with Crippen LogP contribution in [-0.4, -0.2) is 24.7 Å². The summed E-state index contributed by atoms with van der Waals surface area (Å²) in [4.78, 5) is 12.1. The van der Waals surface area contributed by atoms with Crippen molar-refractivity contribution in [3.63, 3.8) is 0 Å². The van der Waals surface area contributed by atoms with E-state index in [2.05, 4.69) is 11.2 Å². The molecule has 0 radical (unpaired) electrons. The molecule has 0 spiro atoms. The number of ether oxygens (including phenoxy) is 1. The minimum Gasteiger partial charge on any atom is -0.465 e. The fourth-order valence-electron chi connectivity index (χ4n) is 3.34. The highest BCUT2D eigenvalue weighted by molar-refractivity contribution is 5.82. The van der Waals surface area contributed by atoms with Crippen molar-refractivity contribution in [3.8, 4) is 12.3 Å². The van der Waals surface area contributed by atoms with E-state index in [1.165, 1.54) is 6.42 Å². The smallest absolute Gasteiger partial charge is 0.326 e. The highest BCUT2D eigenvalue weighted by atomic mass is 16.5.